The summed E-state index contributed by atoms with van der Waals surface area (Å²) < 4.78 is 34.4. The fraction of sp³-hybridized carbons (Fsp3) is 0.400. The number of nitrogens with one attached hydrogen (secondary N) is 1. The molecule has 1 amide bonds. The number of rotatable bonds is 7. The van der Waals surface area contributed by atoms with Gasteiger partial charge in [-0.2, -0.15) is 8.78 Å². The van der Waals surface area contributed by atoms with Crippen LogP contribution in [0.3, 0.4) is 0 Å². The molecule has 1 atom stereocenters. The predicted molar refractivity (Wildman–Crippen MR) is 99.3 cm³/mol. The van der Waals surface area contributed by atoms with Crippen molar-refractivity contribution in [3.8, 4) is 5.75 Å². The monoisotopic (exact) mass is 391 g/mol. The second-order valence-electron chi connectivity index (χ2n) is 6.53. The second kappa shape index (κ2) is 10.1. The van der Waals surface area contributed by atoms with E-state index < -0.39 is 6.61 Å². The molecule has 0 spiro atoms. The van der Waals surface area contributed by atoms with Crippen molar-refractivity contribution in [3.05, 3.63) is 59.9 Å². The van der Waals surface area contributed by atoms with Crippen LogP contribution in [0.4, 0.5) is 8.78 Å². The van der Waals surface area contributed by atoms with Crippen molar-refractivity contribution in [3.63, 3.8) is 0 Å². The Bertz CT molecular complexity index is 744. The van der Waals surface area contributed by atoms with E-state index >= 15 is 0 Å². The van der Waals surface area contributed by atoms with Crippen LogP contribution in [0.15, 0.2) is 48.7 Å². The normalized spacial score (nSPS) is 17.9. The first-order valence-electron chi connectivity index (χ1n) is 9.17. The lowest BCUT2D eigenvalue weighted by atomic mass is 10.2. The van der Waals surface area contributed by atoms with Crippen molar-refractivity contribution in [1.29, 1.82) is 0 Å². The molecule has 150 valence electrons. The zero-order chi connectivity index (χ0) is 19.8. The highest BCUT2D eigenvalue weighted by Crippen LogP contribution is 2.13. The fourth-order valence-electron chi connectivity index (χ4n) is 3.06. The van der Waals surface area contributed by atoms with Crippen molar-refractivity contribution in [1.82, 2.24) is 15.2 Å². The van der Waals surface area contributed by atoms with Crippen LogP contribution in [0.25, 0.3) is 0 Å². The Kier molecular flexibility index (Phi) is 7.27. The summed E-state index contributed by atoms with van der Waals surface area (Å²) >= 11 is 0. The molecule has 1 aliphatic heterocycles. The average molecular weight is 391 g/mol. The average Bonchev–Trinajstić information content (AvgIpc) is 2.92. The summed E-state index contributed by atoms with van der Waals surface area (Å²) in [4.78, 5) is 18.4. The third kappa shape index (κ3) is 6.24. The van der Waals surface area contributed by atoms with Crippen molar-refractivity contribution in [2.75, 3.05) is 26.2 Å². The van der Waals surface area contributed by atoms with E-state index in [0.717, 1.165) is 25.7 Å². The Labute approximate surface area is 162 Å². The minimum absolute atomic E-state index is 0.0878. The van der Waals surface area contributed by atoms with Gasteiger partial charge in [-0.15, -0.1) is 0 Å². The van der Waals surface area contributed by atoms with Crippen LogP contribution in [-0.2, 0) is 11.3 Å². The molecule has 0 saturated carbocycles. The van der Waals surface area contributed by atoms with Gasteiger partial charge < -0.3 is 14.8 Å². The number of carbonyl (C=O) groups is 1. The zero-order valence-corrected chi connectivity index (χ0v) is 15.4. The Morgan fingerprint density at radius 1 is 1.29 bits per heavy atom. The van der Waals surface area contributed by atoms with E-state index in [0.29, 0.717) is 19.7 Å². The van der Waals surface area contributed by atoms with Gasteiger partial charge in [-0.3, -0.25) is 9.69 Å². The van der Waals surface area contributed by atoms with Gasteiger partial charge in [-0.25, -0.2) is 4.98 Å². The molecule has 2 heterocycles. The summed E-state index contributed by atoms with van der Waals surface area (Å²) in [7, 11) is 0. The fourth-order valence-corrected chi connectivity index (χ4v) is 3.06. The lowest BCUT2D eigenvalue weighted by Crippen LogP contribution is -2.40. The Balaban J connectivity index is 1.50. The lowest BCUT2D eigenvalue weighted by molar-refractivity contribution is -0.0500. The number of aromatic nitrogens is 1. The lowest BCUT2D eigenvalue weighted by Gasteiger charge is -2.24. The van der Waals surface area contributed by atoms with Gasteiger partial charge >= 0.3 is 6.61 Å². The number of amides is 1. The third-order valence-corrected chi connectivity index (χ3v) is 4.37. The Morgan fingerprint density at radius 3 is 2.82 bits per heavy atom. The first kappa shape index (κ1) is 20.2. The molecule has 1 aromatic heterocycles. The molecule has 2 aromatic rings. The molecule has 1 unspecified atom stereocenters. The van der Waals surface area contributed by atoms with Gasteiger partial charge in [0.2, 0.25) is 0 Å². The van der Waals surface area contributed by atoms with Crippen LogP contribution >= 0.6 is 0 Å². The topological polar surface area (TPSA) is 63.7 Å². The Hall–Kier alpha value is -2.58. The number of hydrogen-bond acceptors (Lipinski definition) is 5. The van der Waals surface area contributed by atoms with E-state index in [-0.39, 0.29) is 23.5 Å². The number of hydrogen-bond donors (Lipinski definition) is 1. The molecule has 1 aliphatic rings. The van der Waals surface area contributed by atoms with Gasteiger partial charge in [-0.1, -0.05) is 30.3 Å². The third-order valence-electron chi connectivity index (χ3n) is 4.37. The van der Waals surface area contributed by atoms with E-state index in [1.165, 1.54) is 17.7 Å². The first-order valence-corrected chi connectivity index (χ1v) is 9.17. The van der Waals surface area contributed by atoms with Crippen molar-refractivity contribution in [2.45, 2.75) is 25.7 Å². The van der Waals surface area contributed by atoms with Crippen LogP contribution in [-0.4, -0.2) is 54.7 Å². The van der Waals surface area contributed by atoms with Crippen LogP contribution in [0.2, 0.25) is 0 Å². The van der Waals surface area contributed by atoms with E-state index in [9.17, 15) is 13.6 Å². The van der Waals surface area contributed by atoms with Crippen LogP contribution in [0, 0.1) is 0 Å². The summed E-state index contributed by atoms with van der Waals surface area (Å²) in [6, 6.07) is 12.9. The summed E-state index contributed by atoms with van der Waals surface area (Å²) in [6.07, 6.45) is 1.91. The van der Waals surface area contributed by atoms with Gasteiger partial charge in [-0.05, 0) is 24.1 Å². The van der Waals surface area contributed by atoms with E-state index in [1.807, 2.05) is 18.2 Å². The van der Waals surface area contributed by atoms with Crippen molar-refractivity contribution in [2.24, 2.45) is 0 Å². The van der Waals surface area contributed by atoms with E-state index in [4.69, 9.17) is 4.74 Å². The molecule has 1 fully saturated rings. The number of nitrogens with zero attached hydrogens (tertiary/aromatic N) is 2. The predicted octanol–water partition coefficient (Wildman–Crippen LogP) is 2.70. The molecular weight excluding hydrogens is 368 g/mol. The van der Waals surface area contributed by atoms with E-state index in [1.54, 1.807) is 0 Å². The smallest absolute Gasteiger partial charge is 0.387 e. The molecule has 1 saturated heterocycles. The van der Waals surface area contributed by atoms with Crippen LogP contribution in [0.1, 0.15) is 22.5 Å². The number of alkyl halides is 2. The molecule has 6 nitrogen and oxygen atoms in total. The van der Waals surface area contributed by atoms with Gasteiger partial charge in [0.25, 0.3) is 5.91 Å². The molecule has 3 rings (SSSR count). The SMILES string of the molecule is O=C(NCC1CN(Cc2ccccc2)CCCO1)c1ccc(OC(F)F)cn1. The number of benzene rings is 1. The molecule has 0 bridgehead atoms. The summed E-state index contributed by atoms with van der Waals surface area (Å²) in [6.45, 7) is 0.552. The van der Waals surface area contributed by atoms with Crippen LogP contribution < -0.4 is 10.1 Å². The molecule has 0 radical (unpaired) electrons. The first-order chi connectivity index (χ1) is 13.6. The van der Waals surface area contributed by atoms with Crippen molar-refractivity contribution < 1.29 is 23.0 Å². The molecule has 8 heteroatoms. The molecule has 28 heavy (non-hydrogen) atoms. The number of carbonyl (C=O) groups excluding carboxylic acids is 1. The summed E-state index contributed by atoms with van der Waals surface area (Å²) in [5.41, 5.74) is 1.37. The minimum atomic E-state index is -2.92. The zero-order valence-electron chi connectivity index (χ0n) is 15.4. The highest BCUT2D eigenvalue weighted by Gasteiger charge is 2.20. The van der Waals surface area contributed by atoms with Gasteiger partial charge in [0, 0.05) is 32.8 Å². The minimum Gasteiger partial charge on any atom is -0.433 e. The maximum Gasteiger partial charge on any atom is 0.387 e. The highest BCUT2D eigenvalue weighted by molar-refractivity contribution is 5.92. The van der Waals surface area contributed by atoms with E-state index in [2.05, 4.69) is 32.1 Å². The quantitative estimate of drug-likeness (QED) is 0.786. The maximum atomic E-state index is 12.2. The van der Waals surface area contributed by atoms with Gasteiger partial charge in [0.05, 0.1) is 12.3 Å². The Morgan fingerprint density at radius 2 is 2.11 bits per heavy atom. The summed E-state index contributed by atoms with van der Waals surface area (Å²) in [5.74, 6) is -0.471. The molecule has 0 aliphatic carbocycles. The number of ether oxygens (including phenoxy) is 2. The largest absolute Gasteiger partial charge is 0.433 e. The van der Waals surface area contributed by atoms with Gasteiger partial charge in [0.15, 0.2) is 0 Å². The van der Waals surface area contributed by atoms with Gasteiger partial charge in [0.1, 0.15) is 11.4 Å². The van der Waals surface area contributed by atoms with Crippen LogP contribution in [0.5, 0.6) is 5.75 Å². The number of halogens is 2. The molecule has 1 N–H and O–H groups in total. The highest BCUT2D eigenvalue weighted by atomic mass is 19.3. The summed E-state index contributed by atoms with van der Waals surface area (Å²) in [5, 5.41) is 2.80. The molecular formula is C20H23F2N3O3. The maximum absolute atomic E-state index is 12.2. The van der Waals surface area contributed by atoms with Crippen molar-refractivity contribution >= 4 is 5.91 Å². The second-order valence-corrected chi connectivity index (χ2v) is 6.53. The molecule has 1 aromatic carbocycles. The number of pyridine rings is 1. The standard InChI is InChI=1S/C20H23F2N3O3/c21-20(22)28-16-7-8-18(23-11-16)19(26)24-12-17-14-25(9-4-10-27-17)13-15-5-2-1-3-6-15/h1-3,5-8,11,17,20H,4,9-10,12-14H2,(H,24,26).